The number of hydrogen-bond donors (Lipinski definition) is 1. The zero-order valence-corrected chi connectivity index (χ0v) is 10.7. The van der Waals surface area contributed by atoms with Crippen LogP contribution in [0.3, 0.4) is 0 Å². The lowest BCUT2D eigenvalue weighted by molar-refractivity contribution is 0.126. The molecular formula is C15H24O. The number of aliphatic hydroxyl groups is 1. The maximum Gasteiger partial charge on any atom is 0.0815 e. The predicted molar refractivity (Wildman–Crippen MR) is 69.5 cm³/mol. The molecule has 1 heteroatoms. The van der Waals surface area contributed by atoms with E-state index >= 15 is 0 Å². The number of rotatable bonds is 6. The van der Waals surface area contributed by atoms with Crippen molar-refractivity contribution < 1.29 is 5.11 Å². The second-order valence-electron chi connectivity index (χ2n) is 4.84. The van der Waals surface area contributed by atoms with Crippen molar-refractivity contribution in [3.63, 3.8) is 0 Å². The van der Waals surface area contributed by atoms with E-state index in [9.17, 15) is 5.11 Å². The molecule has 0 aliphatic heterocycles. The van der Waals surface area contributed by atoms with Crippen LogP contribution in [0.4, 0.5) is 0 Å². The molecule has 0 radical (unpaired) electrons. The third kappa shape index (κ3) is 3.64. The molecule has 16 heavy (non-hydrogen) atoms. The summed E-state index contributed by atoms with van der Waals surface area (Å²) in [5, 5.41) is 10.1. The molecule has 0 fully saturated rings. The molecule has 1 atom stereocenters. The quantitative estimate of drug-likeness (QED) is 0.715. The van der Waals surface area contributed by atoms with Crippen LogP contribution in [0, 0.1) is 5.92 Å². The Labute approximate surface area is 99.5 Å². The van der Waals surface area contributed by atoms with E-state index in [-0.39, 0.29) is 12.0 Å². The fraction of sp³-hybridized carbons (Fsp3) is 0.600. The number of aliphatic hydroxyl groups excluding tert-OH is 1. The van der Waals surface area contributed by atoms with Gasteiger partial charge in [0.05, 0.1) is 6.10 Å². The van der Waals surface area contributed by atoms with Crippen molar-refractivity contribution in [3.05, 3.63) is 35.4 Å². The summed E-state index contributed by atoms with van der Waals surface area (Å²) in [6, 6.07) is 8.30. The van der Waals surface area contributed by atoms with Crippen molar-refractivity contribution in [3.8, 4) is 0 Å². The molecule has 0 saturated carbocycles. The zero-order chi connectivity index (χ0) is 12.0. The molecule has 0 amide bonds. The maximum absolute atomic E-state index is 10.1. The first-order valence-electron chi connectivity index (χ1n) is 6.42. The van der Waals surface area contributed by atoms with Gasteiger partial charge in [0.25, 0.3) is 0 Å². The van der Waals surface area contributed by atoms with Gasteiger partial charge in [-0.2, -0.15) is 0 Å². The van der Waals surface area contributed by atoms with Crippen LogP contribution in [0.5, 0.6) is 0 Å². The molecule has 0 heterocycles. The van der Waals surface area contributed by atoms with E-state index in [1.807, 2.05) is 6.07 Å². The van der Waals surface area contributed by atoms with Gasteiger partial charge >= 0.3 is 0 Å². The normalized spacial score (nSPS) is 13.1. The predicted octanol–water partition coefficient (Wildman–Crippen LogP) is 4.11. The Morgan fingerprint density at radius 1 is 1.12 bits per heavy atom. The highest BCUT2D eigenvalue weighted by Crippen LogP contribution is 2.25. The first kappa shape index (κ1) is 13.2. The lowest BCUT2D eigenvalue weighted by Crippen LogP contribution is -2.08. The highest BCUT2D eigenvalue weighted by Gasteiger charge is 2.14. The molecule has 0 aliphatic rings. The Bertz CT molecular complexity index is 304. The molecule has 1 rings (SSSR count). The molecular weight excluding hydrogens is 196 g/mol. The second-order valence-corrected chi connectivity index (χ2v) is 4.84. The molecule has 1 aromatic carbocycles. The highest BCUT2D eigenvalue weighted by molar-refractivity contribution is 5.29. The lowest BCUT2D eigenvalue weighted by atomic mass is 9.92. The van der Waals surface area contributed by atoms with Gasteiger partial charge in [0.2, 0.25) is 0 Å². The summed E-state index contributed by atoms with van der Waals surface area (Å²) in [5.41, 5.74) is 2.44. The lowest BCUT2D eigenvalue weighted by Gasteiger charge is -2.18. The average molecular weight is 220 g/mol. The van der Waals surface area contributed by atoms with E-state index in [2.05, 4.69) is 39.0 Å². The van der Waals surface area contributed by atoms with Gasteiger partial charge in [0.1, 0.15) is 0 Å². The van der Waals surface area contributed by atoms with Gasteiger partial charge in [0, 0.05) is 0 Å². The molecule has 90 valence electrons. The summed E-state index contributed by atoms with van der Waals surface area (Å²) in [5.74, 6) is 0.285. The molecule has 0 bridgehead atoms. The minimum absolute atomic E-state index is 0.285. The molecule has 0 aliphatic carbocycles. The van der Waals surface area contributed by atoms with Crippen molar-refractivity contribution in [2.75, 3.05) is 0 Å². The van der Waals surface area contributed by atoms with E-state index in [1.165, 1.54) is 24.8 Å². The van der Waals surface area contributed by atoms with Crippen LogP contribution in [0.2, 0.25) is 0 Å². The fourth-order valence-corrected chi connectivity index (χ4v) is 1.97. The Hall–Kier alpha value is -0.820. The third-order valence-corrected chi connectivity index (χ3v) is 3.05. The van der Waals surface area contributed by atoms with Crippen LogP contribution in [0.15, 0.2) is 24.3 Å². The van der Waals surface area contributed by atoms with Crippen LogP contribution in [0.1, 0.15) is 57.3 Å². The van der Waals surface area contributed by atoms with Crippen molar-refractivity contribution >= 4 is 0 Å². The molecule has 0 aromatic heterocycles. The smallest absolute Gasteiger partial charge is 0.0815 e. The van der Waals surface area contributed by atoms with E-state index < -0.39 is 0 Å². The number of aryl methyl sites for hydroxylation is 1. The van der Waals surface area contributed by atoms with Crippen molar-refractivity contribution in [1.29, 1.82) is 0 Å². The Balaban J connectivity index is 2.75. The van der Waals surface area contributed by atoms with E-state index in [1.54, 1.807) is 0 Å². The first-order valence-corrected chi connectivity index (χ1v) is 6.42. The fourth-order valence-electron chi connectivity index (χ4n) is 1.97. The van der Waals surface area contributed by atoms with Crippen molar-refractivity contribution in [1.82, 2.24) is 0 Å². The van der Waals surface area contributed by atoms with E-state index in [0.29, 0.717) is 0 Å². The zero-order valence-electron chi connectivity index (χ0n) is 10.7. The molecule has 1 nitrogen and oxygen atoms in total. The summed E-state index contributed by atoms with van der Waals surface area (Å²) >= 11 is 0. The summed E-state index contributed by atoms with van der Waals surface area (Å²) in [6.45, 7) is 6.34. The average Bonchev–Trinajstić information content (AvgIpc) is 2.29. The van der Waals surface area contributed by atoms with Gasteiger partial charge in [-0.15, -0.1) is 0 Å². The topological polar surface area (TPSA) is 20.2 Å². The highest BCUT2D eigenvalue weighted by atomic mass is 16.3. The van der Waals surface area contributed by atoms with Gasteiger partial charge in [-0.1, -0.05) is 57.9 Å². The van der Waals surface area contributed by atoms with Crippen molar-refractivity contribution in [2.45, 2.75) is 52.6 Å². The standard InChI is InChI=1S/C15H24O/c1-4-5-6-9-13-10-7-8-11-14(13)15(16)12(2)3/h7-8,10-12,15-16H,4-6,9H2,1-3H3. The Morgan fingerprint density at radius 3 is 2.44 bits per heavy atom. The van der Waals surface area contributed by atoms with E-state index in [4.69, 9.17) is 0 Å². The van der Waals surface area contributed by atoms with E-state index in [0.717, 1.165) is 12.0 Å². The summed E-state index contributed by atoms with van der Waals surface area (Å²) in [6.07, 6.45) is 4.51. The van der Waals surface area contributed by atoms with Crippen molar-refractivity contribution in [2.24, 2.45) is 5.92 Å². The molecule has 1 unspecified atom stereocenters. The number of hydrogen-bond acceptors (Lipinski definition) is 1. The van der Waals surface area contributed by atoms with Crippen LogP contribution in [-0.4, -0.2) is 5.11 Å². The summed E-state index contributed by atoms with van der Waals surface area (Å²) < 4.78 is 0. The second kappa shape index (κ2) is 6.70. The Morgan fingerprint density at radius 2 is 1.81 bits per heavy atom. The van der Waals surface area contributed by atoms with Gasteiger partial charge in [-0.25, -0.2) is 0 Å². The monoisotopic (exact) mass is 220 g/mol. The molecule has 1 aromatic rings. The van der Waals surface area contributed by atoms with Gasteiger partial charge < -0.3 is 5.11 Å². The molecule has 1 N–H and O–H groups in total. The molecule has 0 saturated heterocycles. The molecule has 0 spiro atoms. The largest absolute Gasteiger partial charge is 0.388 e. The minimum atomic E-state index is -0.321. The van der Waals surface area contributed by atoms with Gasteiger partial charge in [-0.05, 0) is 29.9 Å². The minimum Gasteiger partial charge on any atom is -0.388 e. The Kier molecular flexibility index (Phi) is 5.54. The van der Waals surface area contributed by atoms with Crippen LogP contribution >= 0.6 is 0 Å². The maximum atomic E-state index is 10.1. The summed E-state index contributed by atoms with van der Waals surface area (Å²) in [7, 11) is 0. The first-order chi connectivity index (χ1) is 7.66. The van der Waals surface area contributed by atoms with Gasteiger partial charge in [-0.3, -0.25) is 0 Å². The van der Waals surface area contributed by atoms with Gasteiger partial charge in [0.15, 0.2) is 0 Å². The number of unbranched alkanes of at least 4 members (excludes halogenated alkanes) is 2. The summed E-state index contributed by atoms with van der Waals surface area (Å²) in [4.78, 5) is 0. The number of benzene rings is 1. The van der Waals surface area contributed by atoms with Crippen LogP contribution in [0.25, 0.3) is 0 Å². The third-order valence-electron chi connectivity index (χ3n) is 3.05. The van der Waals surface area contributed by atoms with Crippen LogP contribution in [-0.2, 0) is 6.42 Å². The van der Waals surface area contributed by atoms with Crippen LogP contribution < -0.4 is 0 Å². The SMILES string of the molecule is CCCCCc1ccccc1C(O)C(C)C.